The molecular weight excluding hydrogens is 464 g/mol. The number of hydrogen-bond acceptors (Lipinski definition) is 4. The van der Waals surface area contributed by atoms with Gasteiger partial charge in [-0.3, -0.25) is 9.59 Å². The van der Waals surface area contributed by atoms with Crippen molar-refractivity contribution in [2.75, 3.05) is 26.0 Å². The highest BCUT2D eigenvalue weighted by Gasteiger charge is 2.23. The topological polar surface area (TPSA) is 76.5 Å². The third-order valence-electron chi connectivity index (χ3n) is 6.26. The molecule has 0 aliphatic carbocycles. The highest BCUT2D eigenvalue weighted by molar-refractivity contribution is 6.03. The average molecular weight is 497 g/mol. The van der Waals surface area contributed by atoms with E-state index in [1.54, 1.807) is 25.0 Å². The molecule has 1 aromatic heterocycles. The van der Waals surface area contributed by atoms with E-state index in [2.05, 4.69) is 5.32 Å². The molecule has 4 rings (SSSR count). The third kappa shape index (κ3) is 5.72. The second-order valence-electron chi connectivity index (χ2n) is 9.39. The molecule has 0 saturated heterocycles. The van der Waals surface area contributed by atoms with Crippen molar-refractivity contribution in [3.8, 4) is 22.7 Å². The summed E-state index contributed by atoms with van der Waals surface area (Å²) < 4.78 is 7.07. The summed E-state index contributed by atoms with van der Waals surface area (Å²) in [5, 5.41) is 7.72. The molecule has 7 nitrogen and oxygen atoms in total. The van der Waals surface area contributed by atoms with Gasteiger partial charge in [0.15, 0.2) is 0 Å². The van der Waals surface area contributed by atoms with E-state index in [-0.39, 0.29) is 18.4 Å². The SMILES string of the molecule is COc1cccc(-c2nn(-c3ccc(C)cc3)cc2C(=O)N(C)CC(=O)Nc2c(C)cc(C)cc2C)c1. The second kappa shape index (κ2) is 10.7. The van der Waals surface area contributed by atoms with Crippen molar-refractivity contribution < 1.29 is 14.3 Å². The van der Waals surface area contributed by atoms with Crippen LogP contribution in [0.2, 0.25) is 0 Å². The Labute approximate surface area is 217 Å². The number of nitrogens with zero attached hydrogens (tertiary/aromatic N) is 3. The lowest BCUT2D eigenvalue weighted by molar-refractivity contribution is -0.116. The zero-order chi connectivity index (χ0) is 26.7. The fourth-order valence-corrected chi connectivity index (χ4v) is 4.39. The first kappa shape index (κ1) is 25.7. The van der Waals surface area contributed by atoms with Crippen LogP contribution in [0, 0.1) is 27.7 Å². The van der Waals surface area contributed by atoms with E-state index in [1.807, 2.05) is 88.4 Å². The van der Waals surface area contributed by atoms with Crippen molar-refractivity contribution in [3.05, 3.63) is 94.7 Å². The van der Waals surface area contributed by atoms with Crippen LogP contribution in [0.15, 0.2) is 66.9 Å². The monoisotopic (exact) mass is 496 g/mol. The molecule has 0 fully saturated rings. The van der Waals surface area contributed by atoms with E-state index < -0.39 is 0 Å². The van der Waals surface area contributed by atoms with E-state index in [1.165, 1.54) is 4.90 Å². The molecule has 0 saturated carbocycles. The zero-order valence-electron chi connectivity index (χ0n) is 22.1. The Morgan fingerprint density at radius 2 is 1.62 bits per heavy atom. The number of aromatic nitrogens is 2. The van der Waals surface area contributed by atoms with Crippen LogP contribution in [-0.4, -0.2) is 47.2 Å². The summed E-state index contributed by atoms with van der Waals surface area (Å²) in [5.41, 5.74) is 7.51. The van der Waals surface area contributed by atoms with Gasteiger partial charge in [-0.05, 0) is 63.1 Å². The summed E-state index contributed by atoms with van der Waals surface area (Å²) in [6.45, 7) is 7.87. The molecule has 0 aliphatic rings. The number of aryl methyl sites for hydroxylation is 4. The number of benzene rings is 3. The van der Waals surface area contributed by atoms with Crippen LogP contribution < -0.4 is 10.1 Å². The first-order valence-corrected chi connectivity index (χ1v) is 12.1. The lowest BCUT2D eigenvalue weighted by atomic mass is 10.1. The summed E-state index contributed by atoms with van der Waals surface area (Å²) in [6.07, 6.45) is 1.71. The van der Waals surface area contributed by atoms with Crippen LogP contribution in [0.3, 0.4) is 0 Å². The number of hydrogen-bond donors (Lipinski definition) is 1. The number of amides is 2. The minimum atomic E-state index is -0.302. The first-order chi connectivity index (χ1) is 17.7. The minimum absolute atomic E-state index is 0.0984. The van der Waals surface area contributed by atoms with Gasteiger partial charge in [-0.2, -0.15) is 5.10 Å². The Balaban J connectivity index is 1.63. The number of carbonyl (C=O) groups excluding carboxylic acids is 2. The van der Waals surface area contributed by atoms with Crippen LogP contribution >= 0.6 is 0 Å². The third-order valence-corrected chi connectivity index (χ3v) is 6.26. The highest BCUT2D eigenvalue weighted by Crippen LogP contribution is 2.28. The quantitative estimate of drug-likeness (QED) is 0.367. The molecule has 0 unspecified atom stereocenters. The summed E-state index contributed by atoms with van der Waals surface area (Å²) >= 11 is 0. The molecule has 0 atom stereocenters. The number of carbonyl (C=O) groups is 2. The maximum absolute atomic E-state index is 13.6. The lowest BCUT2D eigenvalue weighted by Gasteiger charge is -2.18. The van der Waals surface area contributed by atoms with E-state index in [9.17, 15) is 9.59 Å². The van der Waals surface area contributed by atoms with Gasteiger partial charge in [-0.1, -0.05) is 47.5 Å². The van der Waals surface area contributed by atoms with Crippen molar-refractivity contribution in [3.63, 3.8) is 0 Å². The number of nitrogens with one attached hydrogen (secondary N) is 1. The predicted molar refractivity (Wildman–Crippen MR) is 147 cm³/mol. The molecular formula is C30H32N4O3. The molecule has 0 bridgehead atoms. The number of ether oxygens (including phenoxy) is 1. The second-order valence-corrected chi connectivity index (χ2v) is 9.39. The summed E-state index contributed by atoms with van der Waals surface area (Å²) in [7, 11) is 3.22. The van der Waals surface area contributed by atoms with Gasteiger partial charge in [0.05, 0.1) is 24.9 Å². The number of methoxy groups -OCH3 is 1. The molecule has 0 aliphatic heterocycles. The minimum Gasteiger partial charge on any atom is -0.497 e. The lowest BCUT2D eigenvalue weighted by Crippen LogP contribution is -2.35. The zero-order valence-corrected chi connectivity index (χ0v) is 22.1. The molecule has 1 N–H and O–H groups in total. The number of rotatable bonds is 7. The van der Waals surface area contributed by atoms with Crippen molar-refractivity contribution in [1.82, 2.24) is 14.7 Å². The molecule has 37 heavy (non-hydrogen) atoms. The summed E-state index contributed by atoms with van der Waals surface area (Å²) in [6, 6.07) is 19.4. The normalized spacial score (nSPS) is 10.8. The Bertz CT molecular complexity index is 1430. The fourth-order valence-electron chi connectivity index (χ4n) is 4.39. The van der Waals surface area contributed by atoms with Crippen LogP contribution in [0.5, 0.6) is 5.75 Å². The van der Waals surface area contributed by atoms with Gasteiger partial charge < -0.3 is 15.0 Å². The van der Waals surface area contributed by atoms with E-state index in [4.69, 9.17) is 9.84 Å². The van der Waals surface area contributed by atoms with Crippen LogP contribution in [0.4, 0.5) is 5.69 Å². The Morgan fingerprint density at radius 3 is 2.27 bits per heavy atom. The summed E-state index contributed by atoms with van der Waals surface area (Å²) in [4.78, 5) is 27.9. The molecule has 0 spiro atoms. The fraction of sp³-hybridized carbons (Fsp3) is 0.233. The molecule has 190 valence electrons. The molecule has 3 aromatic carbocycles. The smallest absolute Gasteiger partial charge is 0.257 e. The standard InChI is InChI=1S/C30H32N4O3/c1-19-10-12-24(13-11-19)34-17-26(29(32-34)23-8-7-9-25(16-23)37-6)30(36)33(5)18-27(35)31-28-21(3)14-20(2)15-22(28)4/h7-17H,18H2,1-6H3,(H,31,35). The van der Waals surface area contributed by atoms with Gasteiger partial charge in [0.2, 0.25) is 5.91 Å². The van der Waals surface area contributed by atoms with Crippen molar-refractivity contribution in [1.29, 1.82) is 0 Å². The predicted octanol–water partition coefficient (Wildman–Crippen LogP) is 5.49. The molecule has 2 amide bonds. The van der Waals surface area contributed by atoms with Crippen molar-refractivity contribution in [2.45, 2.75) is 27.7 Å². The van der Waals surface area contributed by atoms with Crippen LogP contribution in [0.25, 0.3) is 16.9 Å². The van der Waals surface area contributed by atoms with E-state index in [0.717, 1.165) is 39.2 Å². The van der Waals surface area contributed by atoms with Crippen molar-refractivity contribution in [2.24, 2.45) is 0 Å². The molecule has 4 aromatic rings. The number of anilines is 1. The largest absolute Gasteiger partial charge is 0.497 e. The van der Waals surface area contributed by atoms with Gasteiger partial charge in [0.25, 0.3) is 5.91 Å². The first-order valence-electron chi connectivity index (χ1n) is 12.1. The van der Waals surface area contributed by atoms with Gasteiger partial charge in [0.1, 0.15) is 11.4 Å². The molecule has 0 radical (unpaired) electrons. The molecule has 7 heteroatoms. The number of likely N-dealkylation sites (N-methyl/N-ethyl adjacent to an activating group) is 1. The summed E-state index contributed by atoms with van der Waals surface area (Å²) in [5.74, 6) is 0.0980. The van der Waals surface area contributed by atoms with E-state index >= 15 is 0 Å². The van der Waals surface area contributed by atoms with Gasteiger partial charge in [-0.15, -0.1) is 0 Å². The van der Waals surface area contributed by atoms with E-state index in [0.29, 0.717) is 17.0 Å². The maximum Gasteiger partial charge on any atom is 0.257 e. The van der Waals surface area contributed by atoms with Gasteiger partial charge in [-0.25, -0.2) is 4.68 Å². The Kier molecular flexibility index (Phi) is 7.43. The van der Waals surface area contributed by atoms with Gasteiger partial charge >= 0.3 is 0 Å². The van der Waals surface area contributed by atoms with Crippen LogP contribution in [0.1, 0.15) is 32.6 Å². The Hall–Kier alpha value is -4.39. The molecule has 1 heterocycles. The highest BCUT2D eigenvalue weighted by atomic mass is 16.5. The van der Waals surface area contributed by atoms with Crippen molar-refractivity contribution >= 4 is 17.5 Å². The average Bonchev–Trinajstić information content (AvgIpc) is 3.31. The van der Waals surface area contributed by atoms with Gasteiger partial charge in [0, 0.05) is 24.5 Å². The Morgan fingerprint density at radius 1 is 0.946 bits per heavy atom. The van der Waals surface area contributed by atoms with Crippen LogP contribution in [-0.2, 0) is 4.79 Å². The maximum atomic E-state index is 13.6.